The summed E-state index contributed by atoms with van der Waals surface area (Å²) in [4.78, 5) is 0. The van der Waals surface area contributed by atoms with Gasteiger partial charge in [0.2, 0.25) is 0 Å². The highest BCUT2D eigenvalue weighted by atomic mass is 35.5. The van der Waals surface area contributed by atoms with Gasteiger partial charge in [-0.15, -0.1) is 0 Å². The van der Waals surface area contributed by atoms with Crippen LogP contribution in [-0.4, -0.2) is 38.0 Å². The summed E-state index contributed by atoms with van der Waals surface area (Å²) in [6.07, 6.45) is 0.527. The van der Waals surface area contributed by atoms with Gasteiger partial charge in [-0.2, -0.15) is 0 Å². The lowest BCUT2D eigenvalue weighted by Crippen LogP contribution is -2.33. The molecule has 2 aliphatic rings. The van der Waals surface area contributed by atoms with Crippen LogP contribution >= 0.6 is 11.6 Å². The highest BCUT2D eigenvalue weighted by molar-refractivity contribution is 6.32. The molecule has 1 atom stereocenters. The number of halogens is 1. The van der Waals surface area contributed by atoms with Gasteiger partial charge in [-0.05, 0) is 0 Å². The van der Waals surface area contributed by atoms with Gasteiger partial charge in [-0.1, -0.05) is 11.6 Å². The fraction of sp³-hybridized carbons (Fsp3) is 0.538. The van der Waals surface area contributed by atoms with Crippen molar-refractivity contribution in [2.45, 2.75) is 12.5 Å². The van der Waals surface area contributed by atoms with Gasteiger partial charge < -0.3 is 24.6 Å². The standard InChI is InChI=1S/C13H16ClNO4/c14-8-6-9-13(19-4-1-3-17-9)11(12(8)16)10-7-15-2-5-18-10/h6,10,15-16H,1-5,7H2. The second-order valence-corrected chi connectivity index (χ2v) is 4.97. The number of fused-ring (bicyclic) bond motifs is 1. The van der Waals surface area contributed by atoms with E-state index in [2.05, 4.69) is 5.32 Å². The Morgan fingerprint density at radius 1 is 1.26 bits per heavy atom. The Kier molecular flexibility index (Phi) is 3.68. The van der Waals surface area contributed by atoms with Gasteiger partial charge in [0, 0.05) is 25.6 Å². The van der Waals surface area contributed by atoms with Crippen molar-refractivity contribution >= 4 is 11.6 Å². The first-order valence-electron chi connectivity index (χ1n) is 6.40. The van der Waals surface area contributed by atoms with Gasteiger partial charge in [-0.25, -0.2) is 0 Å². The fourth-order valence-electron chi connectivity index (χ4n) is 2.34. The SMILES string of the molecule is Oc1c(Cl)cc2c(c1C1CNCCO1)OCCCO2. The third-order valence-corrected chi connectivity index (χ3v) is 3.54. The van der Waals surface area contributed by atoms with E-state index in [9.17, 15) is 5.11 Å². The number of hydrogen-bond acceptors (Lipinski definition) is 5. The Labute approximate surface area is 116 Å². The van der Waals surface area contributed by atoms with Crippen LogP contribution in [0.2, 0.25) is 5.02 Å². The molecule has 0 spiro atoms. The van der Waals surface area contributed by atoms with Crippen LogP contribution < -0.4 is 14.8 Å². The Hall–Kier alpha value is -1.17. The number of hydrogen-bond donors (Lipinski definition) is 2. The highest BCUT2D eigenvalue weighted by Gasteiger charge is 2.29. The maximum absolute atomic E-state index is 10.2. The molecule has 2 aliphatic heterocycles. The van der Waals surface area contributed by atoms with Crippen molar-refractivity contribution in [3.8, 4) is 17.2 Å². The first-order chi connectivity index (χ1) is 9.27. The maximum atomic E-state index is 10.2. The van der Waals surface area contributed by atoms with Crippen molar-refractivity contribution in [3.63, 3.8) is 0 Å². The Bertz CT molecular complexity index is 474. The summed E-state index contributed by atoms with van der Waals surface area (Å²) in [7, 11) is 0. The summed E-state index contributed by atoms with van der Waals surface area (Å²) in [5, 5.41) is 13.7. The summed E-state index contributed by atoms with van der Waals surface area (Å²) in [5.74, 6) is 1.14. The van der Waals surface area contributed by atoms with Crippen LogP contribution in [0.1, 0.15) is 18.1 Å². The molecule has 0 amide bonds. The third kappa shape index (κ3) is 2.45. The Morgan fingerprint density at radius 2 is 2.11 bits per heavy atom. The molecule has 0 bridgehead atoms. The van der Waals surface area contributed by atoms with Gasteiger partial charge in [-0.3, -0.25) is 0 Å². The molecule has 1 unspecified atom stereocenters. The minimum atomic E-state index is -0.275. The number of aromatic hydroxyl groups is 1. The number of nitrogens with one attached hydrogen (secondary N) is 1. The van der Waals surface area contributed by atoms with Crippen molar-refractivity contribution in [3.05, 3.63) is 16.7 Å². The van der Waals surface area contributed by atoms with Gasteiger partial charge >= 0.3 is 0 Å². The first-order valence-corrected chi connectivity index (χ1v) is 6.78. The normalized spacial score (nSPS) is 22.9. The van der Waals surface area contributed by atoms with E-state index < -0.39 is 0 Å². The number of phenolic OH excluding ortho intramolecular Hbond substituents is 1. The molecule has 1 saturated heterocycles. The average molecular weight is 286 g/mol. The molecule has 2 heterocycles. The molecule has 3 rings (SSSR count). The topological polar surface area (TPSA) is 60.0 Å². The van der Waals surface area contributed by atoms with Crippen molar-refractivity contribution in [1.82, 2.24) is 5.32 Å². The largest absolute Gasteiger partial charge is 0.506 e. The zero-order chi connectivity index (χ0) is 13.2. The van der Waals surface area contributed by atoms with Gasteiger partial charge in [0.15, 0.2) is 11.5 Å². The molecule has 104 valence electrons. The minimum absolute atomic E-state index is 0.0135. The van der Waals surface area contributed by atoms with E-state index in [0.29, 0.717) is 43.4 Å². The number of ether oxygens (including phenoxy) is 3. The van der Waals surface area contributed by atoms with E-state index in [1.165, 1.54) is 0 Å². The van der Waals surface area contributed by atoms with E-state index in [4.69, 9.17) is 25.8 Å². The molecule has 1 fully saturated rings. The van der Waals surface area contributed by atoms with Crippen molar-refractivity contribution in [1.29, 1.82) is 0 Å². The summed E-state index contributed by atoms with van der Waals surface area (Å²) in [6, 6.07) is 1.59. The minimum Gasteiger partial charge on any atom is -0.506 e. The van der Waals surface area contributed by atoms with Crippen LogP contribution in [0.4, 0.5) is 0 Å². The average Bonchev–Trinajstić information content (AvgIpc) is 2.66. The molecule has 0 aliphatic carbocycles. The van der Waals surface area contributed by atoms with Crippen LogP contribution in [-0.2, 0) is 4.74 Å². The van der Waals surface area contributed by atoms with Gasteiger partial charge in [0.1, 0.15) is 11.9 Å². The second-order valence-electron chi connectivity index (χ2n) is 4.56. The predicted octanol–water partition coefficient (Wildman–Crippen LogP) is 1.87. The van der Waals surface area contributed by atoms with Crippen LogP contribution in [0, 0.1) is 0 Å². The van der Waals surface area contributed by atoms with E-state index >= 15 is 0 Å². The highest BCUT2D eigenvalue weighted by Crippen LogP contribution is 2.47. The molecule has 1 aromatic rings. The van der Waals surface area contributed by atoms with Crippen molar-refractivity contribution in [2.75, 3.05) is 32.9 Å². The fourth-order valence-corrected chi connectivity index (χ4v) is 2.54. The summed E-state index contributed by atoms with van der Waals surface area (Å²) in [5.41, 5.74) is 0.580. The molecule has 1 aromatic carbocycles. The molecule has 0 aromatic heterocycles. The second kappa shape index (κ2) is 5.45. The lowest BCUT2D eigenvalue weighted by atomic mass is 10.0. The van der Waals surface area contributed by atoms with Crippen LogP contribution in [0.3, 0.4) is 0 Å². The lowest BCUT2D eigenvalue weighted by molar-refractivity contribution is 0.0244. The predicted molar refractivity (Wildman–Crippen MR) is 70.3 cm³/mol. The zero-order valence-electron chi connectivity index (χ0n) is 10.4. The van der Waals surface area contributed by atoms with Crippen molar-refractivity contribution in [2.24, 2.45) is 0 Å². The smallest absolute Gasteiger partial charge is 0.170 e. The van der Waals surface area contributed by atoms with E-state index in [0.717, 1.165) is 13.0 Å². The maximum Gasteiger partial charge on any atom is 0.170 e. The Balaban J connectivity index is 2.07. The number of morpholine rings is 1. The Morgan fingerprint density at radius 3 is 2.89 bits per heavy atom. The third-order valence-electron chi connectivity index (χ3n) is 3.25. The summed E-state index contributed by atoms with van der Waals surface area (Å²) < 4.78 is 17.0. The quantitative estimate of drug-likeness (QED) is 0.825. The van der Waals surface area contributed by atoms with Crippen LogP contribution in [0.15, 0.2) is 6.07 Å². The van der Waals surface area contributed by atoms with Gasteiger partial charge in [0.05, 0.1) is 30.4 Å². The lowest BCUT2D eigenvalue weighted by Gasteiger charge is -2.27. The molecule has 0 saturated carbocycles. The molecular weight excluding hydrogens is 270 g/mol. The van der Waals surface area contributed by atoms with Crippen LogP contribution in [0.5, 0.6) is 17.2 Å². The van der Waals surface area contributed by atoms with E-state index in [1.807, 2.05) is 0 Å². The van der Waals surface area contributed by atoms with Crippen LogP contribution in [0.25, 0.3) is 0 Å². The molecular formula is C13H16ClNO4. The van der Waals surface area contributed by atoms with E-state index in [1.54, 1.807) is 6.07 Å². The number of rotatable bonds is 1. The summed E-state index contributed by atoms with van der Waals surface area (Å²) >= 11 is 6.06. The molecule has 19 heavy (non-hydrogen) atoms. The molecule has 0 radical (unpaired) electrons. The molecule has 5 nitrogen and oxygen atoms in total. The number of phenols is 1. The van der Waals surface area contributed by atoms with Crippen molar-refractivity contribution < 1.29 is 19.3 Å². The molecule has 2 N–H and O–H groups in total. The number of benzene rings is 1. The monoisotopic (exact) mass is 285 g/mol. The van der Waals surface area contributed by atoms with Gasteiger partial charge in [0.25, 0.3) is 0 Å². The summed E-state index contributed by atoms with van der Waals surface area (Å²) in [6.45, 7) is 3.14. The zero-order valence-corrected chi connectivity index (χ0v) is 11.2. The van der Waals surface area contributed by atoms with E-state index in [-0.39, 0.29) is 16.9 Å². The first kappa shape index (κ1) is 12.8. The molecule has 6 heteroatoms.